The van der Waals surface area contributed by atoms with Crippen molar-refractivity contribution in [2.75, 3.05) is 36.8 Å². The summed E-state index contributed by atoms with van der Waals surface area (Å²) in [7, 11) is 0. The molecule has 0 unspecified atom stereocenters. The quantitative estimate of drug-likeness (QED) is 0.314. The normalized spacial score (nSPS) is 16.9. The minimum absolute atomic E-state index is 0.315. The summed E-state index contributed by atoms with van der Waals surface area (Å²) in [6.45, 7) is 3.82. The van der Waals surface area contributed by atoms with Gasteiger partial charge in [0.25, 0.3) is 0 Å². The van der Waals surface area contributed by atoms with Gasteiger partial charge in [-0.25, -0.2) is 8.78 Å². The van der Waals surface area contributed by atoms with Crippen LogP contribution < -0.4 is 30.7 Å². The van der Waals surface area contributed by atoms with Crippen LogP contribution in [0.15, 0.2) is 60.7 Å². The van der Waals surface area contributed by atoms with Gasteiger partial charge in [0.2, 0.25) is 0 Å². The van der Waals surface area contributed by atoms with Gasteiger partial charge in [-0.05, 0) is 88.3 Å². The molecule has 5 rings (SSSR count). The van der Waals surface area contributed by atoms with E-state index in [-0.39, 0.29) is 11.6 Å². The van der Waals surface area contributed by atoms with Crippen molar-refractivity contribution in [1.29, 1.82) is 0 Å². The zero-order valence-corrected chi connectivity index (χ0v) is 20.2. The highest BCUT2D eigenvalue weighted by Gasteiger charge is 2.15. The van der Waals surface area contributed by atoms with Gasteiger partial charge in [-0.1, -0.05) is 0 Å². The Hall–Kier alpha value is -3.36. The molecule has 2 saturated heterocycles. The average Bonchev–Trinajstić information content (AvgIpc) is 2.86. The number of hydrogen-bond acceptors (Lipinski definition) is 6. The van der Waals surface area contributed by atoms with E-state index in [2.05, 4.69) is 21.3 Å². The third-order valence-corrected chi connectivity index (χ3v) is 6.46. The third kappa shape index (κ3) is 6.86. The van der Waals surface area contributed by atoms with Crippen molar-refractivity contribution in [2.24, 2.45) is 0 Å². The lowest BCUT2D eigenvalue weighted by Gasteiger charge is -2.25. The van der Waals surface area contributed by atoms with Crippen molar-refractivity contribution >= 4 is 11.4 Å². The van der Waals surface area contributed by atoms with Crippen LogP contribution in [0.1, 0.15) is 25.7 Å². The van der Waals surface area contributed by atoms with Gasteiger partial charge in [-0.2, -0.15) is 0 Å². The van der Waals surface area contributed by atoms with Gasteiger partial charge in [-0.15, -0.1) is 0 Å². The second-order valence-electron chi connectivity index (χ2n) is 9.36. The van der Waals surface area contributed by atoms with E-state index in [1.54, 1.807) is 36.4 Å². The maximum atomic E-state index is 14.2. The smallest absolute Gasteiger partial charge is 0.132 e. The monoisotopic (exact) mass is 494 g/mol. The average molecular weight is 495 g/mol. The minimum Gasteiger partial charge on any atom is -0.457 e. The first kappa shape index (κ1) is 24.3. The van der Waals surface area contributed by atoms with E-state index in [0.717, 1.165) is 51.9 Å². The van der Waals surface area contributed by atoms with Gasteiger partial charge >= 0.3 is 0 Å². The first-order chi connectivity index (χ1) is 17.6. The summed E-state index contributed by atoms with van der Waals surface area (Å²) in [6, 6.07) is 16.9. The Kier molecular flexibility index (Phi) is 7.83. The molecular formula is C28H32F2N4O2. The lowest BCUT2D eigenvalue weighted by Crippen LogP contribution is -2.35. The van der Waals surface area contributed by atoms with Crippen LogP contribution >= 0.6 is 0 Å². The molecule has 0 radical (unpaired) electrons. The molecule has 0 atom stereocenters. The fourth-order valence-electron chi connectivity index (χ4n) is 4.66. The summed E-state index contributed by atoms with van der Waals surface area (Å²) < 4.78 is 40.2. The van der Waals surface area contributed by atoms with E-state index >= 15 is 0 Å². The van der Waals surface area contributed by atoms with Gasteiger partial charge in [0.05, 0.1) is 0 Å². The predicted octanol–water partition coefficient (Wildman–Crippen LogP) is 5.88. The summed E-state index contributed by atoms with van der Waals surface area (Å²) in [4.78, 5) is 0. The second-order valence-corrected chi connectivity index (χ2v) is 9.36. The first-order valence-corrected chi connectivity index (χ1v) is 12.6. The molecule has 8 heteroatoms. The Balaban J connectivity index is 1.21. The molecule has 0 bridgehead atoms. The van der Waals surface area contributed by atoms with E-state index in [1.165, 1.54) is 24.3 Å². The lowest BCUT2D eigenvalue weighted by molar-refractivity contribution is 0.462. The molecule has 4 N–H and O–H groups in total. The largest absolute Gasteiger partial charge is 0.457 e. The number of nitrogens with one attached hydrogen (secondary N) is 4. The van der Waals surface area contributed by atoms with E-state index in [9.17, 15) is 8.78 Å². The van der Waals surface area contributed by atoms with Crippen LogP contribution in [0, 0.1) is 11.6 Å². The fourth-order valence-corrected chi connectivity index (χ4v) is 4.66. The zero-order valence-electron chi connectivity index (χ0n) is 20.2. The van der Waals surface area contributed by atoms with Crippen molar-refractivity contribution in [1.82, 2.24) is 10.6 Å². The summed E-state index contributed by atoms with van der Waals surface area (Å²) in [5.74, 6) is 1.21. The summed E-state index contributed by atoms with van der Waals surface area (Å²) in [5.41, 5.74) is 1.41. The summed E-state index contributed by atoms with van der Waals surface area (Å²) in [6.07, 6.45) is 3.98. The predicted molar refractivity (Wildman–Crippen MR) is 138 cm³/mol. The van der Waals surface area contributed by atoms with Gasteiger partial charge in [0, 0.05) is 47.7 Å². The molecule has 3 aromatic carbocycles. The fraction of sp³-hybridized carbons (Fsp3) is 0.357. The van der Waals surface area contributed by atoms with Gasteiger partial charge < -0.3 is 30.7 Å². The number of rotatable bonds is 8. The molecule has 190 valence electrons. The van der Waals surface area contributed by atoms with Crippen LogP contribution in [0.2, 0.25) is 0 Å². The number of benzene rings is 3. The highest BCUT2D eigenvalue weighted by Crippen LogP contribution is 2.31. The van der Waals surface area contributed by atoms with Crippen LogP contribution in [-0.2, 0) is 0 Å². The standard InChI is InChI=1S/C28H32F2N4O2/c29-19-13-23(33-21-5-9-31-10-6-21)17-27(15-19)35-25-1-2-26(4-3-25)36-28-16-20(30)14-24(18-28)34-22-7-11-32-12-8-22/h1-4,13-18,21-22,31-34H,5-12H2. The number of ether oxygens (including phenoxy) is 2. The number of hydrogen-bond donors (Lipinski definition) is 4. The van der Waals surface area contributed by atoms with E-state index in [4.69, 9.17) is 9.47 Å². The molecular weight excluding hydrogens is 462 g/mol. The maximum Gasteiger partial charge on any atom is 0.132 e. The topological polar surface area (TPSA) is 66.6 Å². The van der Waals surface area contributed by atoms with Crippen LogP contribution in [0.25, 0.3) is 0 Å². The van der Waals surface area contributed by atoms with Gasteiger partial charge in [0.15, 0.2) is 0 Å². The highest BCUT2D eigenvalue weighted by atomic mass is 19.1. The van der Waals surface area contributed by atoms with E-state index in [0.29, 0.717) is 46.5 Å². The molecule has 2 heterocycles. The molecule has 6 nitrogen and oxygen atoms in total. The van der Waals surface area contributed by atoms with Crippen molar-refractivity contribution in [3.8, 4) is 23.0 Å². The second kappa shape index (κ2) is 11.6. The van der Waals surface area contributed by atoms with Gasteiger partial charge in [0.1, 0.15) is 34.6 Å². The van der Waals surface area contributed by atoms with Gasteiger partial charge in [-0.3, -0.25) is 0 Å². The third-order valence-electron chi connectivity index (χ3n) is 6.46. The molecule has 0 aliphatic carbocycles. The number of halogens is 2. The van der Waals surface area contributed by atoms with Crippen LogP contribution in [0.3, 0.4) is 0 Å². The van der Waals surface area contributed by atoms with Crippen molar-refractivity contribution in [3.05, 3.63) is 72.3 Å². The van der Waals surface area contributed by atoms with Crippen LogP contribution in [0.4, 0.5) is 20.2 Å². The lowest BCUT2D eigenvalue weighted by atomic mass is 10.1. The number of anilines is 2. The highest BCUT2D eigenvalue weighted by molar-refractivity contribution is 5.52. The Morgan fingerprint density at radius 3 is 1.33 bits per heavy atom. The number of piperidine rings is 2. The molecule has 0 amide bonds. The Labute approximate surface area is 210 Å². The first-order valence-electron chi connectivity index (χ1n) is 12.6. The molecule has 0 saturated carbocycles. The molecule has 36 heavy (non-hydrogen) atoms. The minimum atomic E-state index is -0.358. The van der Waals surface area contributed by atoms with E-state index in [1.807, 2.05) is 0 Å². The van der Waals surface area contributed by atoms with E-state index < -0.39 is 0 Å². The van der Waals surface area contributed by atoms with Crippen molar-refractivity contribution in [3.63, 3.8) is 0 Å². The Morgan fingerprint density at radius 2 is 0.944 bits per heavy atom. The molecule has 3 aromatic rings. The molecule has 0 aromatic heterocycles. The zero-order chi connectivity index (χ0) is 24.7. The Bertz CT molecular complexity index is 1060. The van der Waals surface area contributed by atoms with Crippen molar-refractivity contribution < 1.29 is 18.3 Å². The van der Waals surface area contributed by atoms with Crippen LogP contribution in [0.5, 0.6) is 23.0 Å². The molecule has 2 fully saturated rings. The molecule has 2 aliphatic heterocycles. The maximum absolute atomic E-state index is 14.2. The molecule has 2 aliphatic rings. The summed E-state index contributed by atoms with van der Waals surface area (Å²) in [5, 5.41) is 13.4. The SMILES string of the molecule is Fc1cc(NC2CCNCC2)cc(Oc2ccc(Oc3cc(F)cc(NC4CCNCC4)c3)cc2)c1. The van der Waals surface area contributed by atoms with Crippen LogP contribution in [-0.4, -0.2) is 38.3 Å². The summed E-state index contributed by atoms with van der Waals surface area (Å²) >= 11 is 0. The van der Waals surface area contributed by atoms with Crippen molar-refractivity contribution in [2.45, 2.75) is 37.8 Å². The molecule has 0 spiro atoms. The Morgan fingerprint density at radius 1 is 0.556 bits per heavy atom.